The van der Waals surface area contributed by atoms with E-state index in [0.717, 1.165) is 60.4 Å². The lowest BCUT2D eigenvalue weighted by molar-refractivity contribution is 0.447. The monoisotopic (exact) mass is 574 g/mol. The maximum atomic E-state index is 7.08. The molecular weight excluding hydrogens is 547 g/mol. The molecule has 3 heteroatoms. The molecule has 8 aromatic carbocycles. The molecule has 0 spiro atoms. The normalized spacial score (nSPS) is 13.1. The summed E-state index contributed by atoms with van der Waals surface area (Å²) < 4.78 is 14.2. The minimum atomic E-state index is -0.646. The van der Waals surface area contributed by atoms with Gasteiger partial charge in [0.25, 0.3) is 0 Å². The van der Waals surface area contributed by atoms with Gasteiger partial charge in [0.1, 0.15) is 0 Å². The molecule has 210 valence electrons. The molecule has 45 heavy (non-hydrogen) atoms. The Kier molecular flexibility index (Phi) is 5.95. The first-order valence-corrected chi connectivity index (χ1v) is 15.4. The molecule has 0 radical (unpaired) electrons. The van der Waals surface area contributed by atoms with Crippen LogP contribution in [0.2, 0.25) is 0 Å². The molecule has 0 unspecified atom stereocenters. The first kappa shape index (κ1) is 25.7. The van der Waals surface area contributed by atoms with Crippen molar-refractivity contribution in [3.8, 4) is 11.1 Å². The molecule has 9 rings (SSSR count). The van der Waals surface area contributed by atoms with Crippen molar-refractivity contribution in [3.05, 3.63) is 175 Å². The highest BCUT2D eigenvalue weighted by Gasteiger charge is 2.41. The van der Waals surface area contributed by atoms with Crippen LogP contribution in [0.5, 0.6) is 0 Å². The zero-order valence-electron chi connectivity index (χ0n) is 24.5. The summed E-state index contributed by atoms with van der Waals surface area (Å²) in [4.78, 5) is 0. The quantitative estimate of drug-likeness (QED) is 0.154. The fraction of sp³-hybridized carbons (Fsp3) is 0. The Morgan fingerprint density at radius 1 is 0.333 bits per heavy atom. The van der Waals surface area contributed by atoms with E-state index in [1.807, 2.05) is 0 Å². The summed E-state index contributed by atoms with van der Waals surface area (Å²) in [5.74, 6) is 1.52. The topological polar surface area (TPSA) is 18.5 Å². The fourth-order valence-corrected chi connectivity index (χ4v) is 7.01. The van der Waals surface area contributed by atoms with Crippen molar-refractivity contribution in [3.63, 3.8) is 0 Å². The second-order valence-corrected chi connectivity index (χ2v) is 11.5. The largest absolute Gasteiger partial charge is 0.634 e. The van der Waals surface area contributed by atoms with Crippen LogP contribution in [0.1, 0.15) is 11.1 Å². The van der Waals surface area contributed by atoms with Crippen LogP contribution in [0.3, 0.4) is 0 Å². The Balaban J connectivity index is 1.32. The van der Waals surface area contributed by atoms with E-state index in [9.17, 15) is 0 Å². The minimum Gasteiger partial charge on any atom is -0.519 e. The Labute approximate surface area is 261 Å². The van der Waals surface area contributed by atoms with Gasteiger partial charge in [0, 0.05) is 16.6 Å². The summed E-state index contributed by atoms with van der Waals surface area (Å²) in [6.45, 7) is 0. The molecule has 0 saturated heterocycles. The molecule has 2 nitrogen and oxygen atoms in total. The molecule has 0 saturated carbocycles. The van der Waals surface area contributed by atoms with Crippen molar-refractivity contribution >= 4 is 67.2 Å². The van der Waals surface area contributed by atoms with Crippen molar-refractivity contribution in [2.45, 2.75) is 0 Å². The first-order chi connectivity index (χ1) is 22.3. The second kappa shape index (κ2) is 10.4. The SMILES string of the molecule is c1ccc(-c2c3ccccc3c(B3OC(c4cccc5ccccc45)=C(c4cccc5ccccc45)O3)c3ccccc23)cc1. The zero-order chi connectivity index (χ0) is 29.7. The van der Waals surface area contributed by atoms with Gasteiger partial charge in [0.15, 0.2) is 11.5 Å². The summed E-state index contributed by atoms with van der Waals surface area (Å²) in [6, 6.07) is 57.6. The Hall–Kier alpha value is -5.80. The van der Waals surface area contributed by atoms with Crippen LogP contribution in [0.4, 0.5) is 0 Å². The van der Waals surface area contributed by atoms with Gasteiger partial charge < -0.3 is 9.31 Å². The van der Waals surface area contributed by atoms with Crippen LogP contribution < -0.4 is 5.46 Å². The Morgan fingerprint density at radius 3 is 1.24 bits per heavy atom. The van der Waals surface area contributed by atoms with Crippen LogP contribution in [0, 0.1) is 0 Å². The van der Waals surface area contributed by atoms with Crippen LogP contribution in [-0.2, 0) is 9.31 Å². The average Bonchev–Trinajstić information content (AvgIpc) is 3.55. The molecule has 0 amide bonds. The molecule has 0 aromatic heterocycles. The molecule has 8 aromatic rings. The van der Waals surface area contributed by atoms with Crippen molar-refractivity contribution in [1.29, 1.82) is 0 Å². The molecule has 1 aliphatic heterocycles. The minimum absolute atomic E-state index is 0.646. The summed E-state index contributed by atoms with van der Waals surface area (Å²) >= 11 is 0. The van der Waals surface area contributed by atoms with Gasteiger partial charge in [-0.25, -0.2) is 0 Å². The highest BCUT2D eigenvalue weighted by Crippen LogP contribution is 2.42. The lowest BCUT2D eigenvalue weighted by Crippen LogP contribution is -2.34. The number of fused-ring (bicyclic) bond motifs is 4. The van der Waals surface area contributed by atoms with Crippen LogP contribution in [0.15, 0.2) is 164 Å². The number of hydrogen-bond donors (Lipinski definition) is 0. The van der Waals surface area contributed by atoms with Gasteiger partial charge in [-0.05, 0) is 54.2 Å². The highest BCUT2D eigenvalue weighted by atomic mass is 16.6. The number of benzene rings is 8. The van der Waals surface area contributed by atoms with E-state index in [2.05, 4.69) is 164 Å². The van der Waals surface area contributed by atoms with Gasteiger partial charge in [0.2, 0.25) is 0 Å². The van der Waals surface area contributed by atoms with Crippen molar-refractivity contribution in [2.75, 3.05) is 0 Å². The van der Waals surface area contributed by atoms with Gasteiger partial charge in [0.05, 0.1) is 0 Å². The van der Waals surface area contributed by atoms with Gasteiger partial charge in [-0.15, -0.1) is 0 Å². The molecule has 1 heterocycles. The predicted molar refractivity (Wildman–Crippen MR) is 189 cm³/mol. The first-order valence-electron chi connectivity index (χ1n) is 15.4. The molecule has 1 aliphatic rings. The average molecular weight is 574 g/mol. The van der Waals surface area contributed by atoms with Crippen LogP contribution in [-0.4, -0.2) is 7.12 Å². The Morgan fingerprint density at radius 2 is 0.733 bits per heavy atom. The lowest BCUT2D eigenvalue weighted by atomic mass is 9.71. The highest BCUT2D eigenvalue weighted by molar-refractivity contribution is 6.70. The maximum Gasteiger partial charge on any atom is 0.634 e. The van der Waals surface area contributed by atoms with Gasteiger partial charge in [-0.2, -0.15) is 0 Å². The number of hydrogen-bond acceptors (Lipinski definition) is 2. The third kappa shape index (κ3) is 4.12. The summed E-state index contributed by atoms with van der Waals surface area (Å²) in [6.07, 6.45) is 0. The van der Waals surface area contributed by atoms with Crippen molar-refractivity contribution < 1.29 is 9.31 Å². The smallest absolute Gasteiger partial charge is 0.519 e. The van der Waals surface area contributed by atoms with E-state index >= 15 is 0 Å². The van der Waals surface area contributed by atoms with Crippen molar-refractivity contribution in [1.82, 2.24) is 0 Å². The summed E-state index contributed by atoms with van der Waals surface area (Å²) in [7, 11) is -0.646. The van der Waals surface area contributed by atoms with Crippen molar-refractivity contribution in [2.24, 2.45) is 0 Å². The Bertz CT molecular complexity index is 2290. The second-order valence-electron chi connectivity index (χ2n) is 11.5. The molecule has 0 aliphatic carbocycles. The van der Waals surface area contributed by atoms with E-state index in [0.29, 0.717) is 0 Å². The van der Waals surface area contributed by atoms with Gasteiger partial charge in [-0.1, -0.05) is 164 Å². The van der Waals surface area contributed by atoms with E-state index in [4.69, 9.17) is 9.31 Å². The van der Waals surface area contributed by atoms with Crippen LogP contribution in [0.25, 0.3) is 65.7 Å². The van der Waals surface area contributed by atoms with E-state index in [1.54, 1.807) is 0 Å². The summed E-state index contributed by atoms with van der Waals surface area (Å²) in [5, 5.41) is 9.18. The lowest BCUT2D eigenvalue weighted by Gasteiger charge is -2.18. The molecule has 0 atom stereocenters. The molecular formula is C42H27BO2. The van der Waals surface area contributed by atoms with E-state index < -0.39 is 7.12 Å². The van der Waals surface area contributed by atoms with Gasteiger partial charge in [-0.3, -0.25) is 0 Å². The zero-order valence-corrected chi connectivity index (χ0v) is 24.5. The standard InChI is InChI=1S/C42H27BO2/c1-2-16-30(17-3-1)39-33-22-8-10-24-35(33)40(36-25-11-9-23-34(36)39)43-44-41(37-26-12-18-28-14-4-6-20-31(28)37)42(45-43)38-27-13-19-29-15-5-7-21-32(29)38/h1-27H. The third-order valence-electron chi connectivity index (χ3n) is 9.00. The third-order valence-corrected chi connectivity index (χ3v) is 9.00. The van der Waals surface area contributed by atoms with E-state index in [-0.39, 0.29) is 0 Å². The summed E-state index contributed by atoms with van der Waals surface area (Å²) in [5.41, 5.74) is 5.49. The fourth-order valence-electron chi connectivity index (χ4n) is 7.01. The molecule has 0 fully saturated rings. The van der Waals surface area contributed by atoms with Crippen LogP contribution >= 0.6 is 0 Å². The van der Waals surface area contributed by atoms with Gasteiger partial charge >= 0.3 is 7.12 Å². The maximum absolute atomic E-state index is 7.08. The predicted octanol–water partition coefficient (Wildman–Crippen LogP) is 10.2. The van der Waals surface area contributed by atoms with E-state index in [1.165, 1.54) is 21.9 Å². The number of rotatable bonds is 4. The molecule has 0 bridgehead atoms. The molecule has 0 N–H and O–H groups in total.